The third-order valence-corrected chi connectivity index (χ3v) is 4.38. The van der Waals surface area contributed by atoms with Crippen molar-refractivity contribution >= 4 is 5.91 Å². The SMILES string of the molecule is C[N+](C)(C)CCCNC(=O)[C@@H]1C[C@H]2CC[C@@H]1C2. The molecule has 0 radical (unpaired) electrons. The van der Waals surface area contributed by atoms with Gasteiger partial charge in [0, 0.05) is 18.9 Å². The van der Waals surface area contributed by atoms with Crippen LogP contribution in [0.3, 0.4) is 0 Å². The molecule has 2 aliphatic carbocycles. The molecule has 0 aromatic carbocycles. The zero-order valence-corrected chi connectivity index (χ0v) is 11.5. The largest absolute Gasteiger partial charge is 0.356 e. The first-order valence-corrected chi connectivity index (χ1v) is 7.04. The summed E-state index contributed by atoms with van der Waals surface area (Å²) < 4.78 is 0.976. The number of hydrogen-bond donors (Lipinski definition) is 1. The first kappa shape index (κ1) is 12.9. The van der Waals surface area contributed by atoms with E-state index in [4.69, 9.17) is 0 Å². The van der Waals surface area contributed by atoms with Crippen LogP contribution in [-0.2, 0) is 4.79 Å². The van der Waals surface area contributed by atoms with Gasteiger partial charge in [0.05, 0.1) is 27.7 Å². The minimum atomic E-state index is 0.332. The zero-order valence-electron chi connectivity index (χ0n) is 11.5. The molecule has 0 saturated heterocycles. The van der Waals surface area contributed by atoms with Crippen LogP contribution in [-0.4, -0.2) is 44.6 Å². The molecule has 2 fully saturated rings. The smallest absolute Gasteiger partial charge is 0.223 e. The number of amides is 1. The first-order valence-electron chi connectivity index (χ1n) is 7.04. The van der Waals surface area contributed by atoms with Gasteiger partial charge in [0.1, 0.15) is 0 Å². The Morgan fingerprint density at radius 2 is 2.00 bits per heavy atom. The van der Waals surface area contributed by atoms with E-state index in [1.807, 2.05) is 0 Å². The van der Waals surface area contributed by atoms with Gasteiger partial charge in [-0.3, -0.25) is 4.79 Å². The third-order valence-electron chi connectivity index (χ3n) is 4.38. The van der Waals surface area contributed by atoms with Crippen LogP contribution in [0.25, 0.3) is 0 Å². The highest BCUT2D eigenvalue weighted by atomic mass is 16.1. The predicted octanol–water partition coefficient (Wildman–Crippen LogP) is 1.64. The van der Waals surface area contributed by atoms with Crippen molar-refractivity contribution in [3.8, 4) is 0 Å². The number of carbonyl (C=O) groups excluding carboxylic acids is 1. The van der Waals surface area contributed by atoms with Crippen molar-refractivity contribution in [1.29, 1.82) is 0 Å². The molecule has 3 atom stereocenters. The fraction of sp³-hybridized carbons (Fsp3) is 0.929. The lowest BCUT2D eigenvalue weighted by molar-refractivity contribution is -0.870. The average molecular weight is 239 g/mol. The summed E-state index contributed by atoms with van der Waals surface area (Å²) in [4.78, 5) is 12.0. The molecular formula is C14H27N2O+. The van der Waals surface area contributed by atoms with Gasteiger partial charge in [-0.15, -0.1) is 0 Å². The summed E-state index contributed by atoms with van der Waals surface area (Å²) in [6.07, 6.45) is 6.22. The second-order valence-electron chi connectivity index (χ2n) is 6.94. The molecule has 3 nitrogen and oxygen atoms in total. The molecule has 17 heavy (non-hydrogen) atoms. The number of quaternary nitrogens is 1. The summed E-state index contributed by atoms with van der Waals surface area (Å²) in [5, 5.41) is 3.13. The van der Waals surface area contributed by atoms with E-state index in [1.165, 1.54) is 19.3 Å². The fourth-order valence-corrected chi connectivity index (χ4v) is 3.46. The van der Waals surface area contributed by atoms with Crippen molar-refractivity contribution < 1.29 is 9.28 Å². The van der Waals surface area contributed by atoms with Crippen LogP contribution < -0.4 is 5.32 Å². The van der Waals surface area contributed by atoms with Gasteiger partial charge in [-0.05, 0) is 31.1 Å². The van der Waals surface area contributed by atoms with Crippen molar-refractivity contribution in [1.82, 2.24) is 5.32 Å². The normalized spacial score (nSPS) is 31.8. The second kappa shape index (κ2) is 4.97. The lowest BCUT2D eigenvalue weighted by Crippen LogP contribution is -2.39. The summed E-state index contributed by atoms with van der Waals surface area (Å²) in [5.41, 5.74) is 0. The molecule has 98 valence electrons. The summed E-state index contributed by atoms with van der Waals surface area (Å²) in [7, 11) is 6.58. The van der Waals surface area contributed by atoms with Crippen LogP contribution in [0.5, 0.6) is 0 Å². The molecule has 2 saturated carbocycles. The Hall–Kier alpha value is -0.570. The monoisotopic (exact) mass is 239 g/mol. The third kappa shape index (κ3) is 3.44. The van der Waals surface area contributed by atoms with Crippen molar-refractivity contribution in [2.45, 2.75) is 32.1 Å². The van der Waals surface area contributed by atoms with Crippen LogP contribution >= 0.6 is 0 Å². The maximum absolute atomic E-state index is 12.0. The molecule has 0 heterocycles. The Balaban J connectivity index is 1.65. The van der Waals surface area contributed by atoms with E-state index in [-0.39, 0.29) is 0 Å². The molecule has 2 bridgehead atoms. The van der Waals surface area contributed by atoms with E-state index >= 15 is 0 Å². The van der Waals surface area contributed by atoms with Crippen molar-refractivity contribution in [3.05, 3.63) is 0 Å². The van der Waals surface area contributed by atoms with Crippen LogP contribution in [0.2, 0.25) is 0 Å². The van der Waals surface area contributed by atoms with Gasteiger partial charge in [0.2, 0.25) is 5.91 Å². The van der Waals surface area contributed by atoms with Crippen LogP contribution in [0.15, 0.2) is 0 Å². The Morgan fingerprint density at radius 3 is 2.53 bits per heavy atom. The maximum Gasteiger partial charge on any atom is 0.223 e. The highest BCUT2D eigenvalue weighted by Gasteiger charge is 2.42. The van der Waals surface area contributed by atoms with Crippen molar-refractivity contribution in [2.24, 2.45) is 17.8 Å². The van der Waals surface area contributed by atoms with E-state index in [1.54, 1.807) is 0 Å². The van der Waals surface area contributed by atoms with Gasteiger partial charge in [-0.25, -0.2) is 0 Å². The molecule has 0 aromatic rings. The fourth-order valence-electron chi connectivity index (χ4n) is 3.46. The molecule has 0 aromatic heterocycles. The van der Waals surface area contributed by atoms with Crippen molar-refractivity contribution in [2.75, 3.05) is 34.2 Å². The number of nitrogens with zero attached hydrogens (tertiary/aromatic N) is 1. The van der Waals surface area contributed by atoms with E-state index in [0.717, 1.165) is 36.3 Å². The van der Waals surface area contributed by atoms with Crippen LogP contribution in [0.4, 0.5) is 0 Å². The molecule has 0 spiro atoms. The standard InChI is InChI=1S/C14H26N2O/c1-16(2,3)8-4-7-15-14(17)13-10-11-5-6-12(13)9-11/h11-13H,4-10H2,1-3H3/p+1/t11-,12+,13+/m0/s1. The minimum absolute atomic E-state index is 0.332. The maximum atomic E-state index is 12.0. The molecular weight excluding hydrogens is 212 g/mol. The Morgan fingerprint density at radius 1 is 1.24 bits per heavy atom. The number of nitrogens with one attached hydrogen (secondary N) is 1. The number of rotatable bonds is 5. The van der Waals surface area contributed by atoms with Gasteiger partial charge >= 0.3 is 0 Å². The average Bonchev–Trinajstić information content (AvgIpc) is 2.84. The number of fused-ring (bicyclic) bond motifs is 2. The minimum Gasteiger partial charge on any atom is -0.356 e. The van der Waals surface area contributed by atoms with Crippen LogP contribution in [0.1, 0.15) is 32.1 Å². The van der Waals surface area contributed by atoms with Gasteiger partial charge < -0.3 is 9.80 Å². The predicted molar refractivity (Wildman–Crippen MR) is 69.5 cm³/mol. The van der Waals surface area contributed by atoms with Gasteiger partial charge in [-0.1, -0.05) is 6.42 Å². The van der Waals surface area contributed by atoms with Gasteiger partial charge in [0.15, 0.2) is 0 Å². The van der Waals surface area contributed by atoms with Gasteiger partial charge in [-0.2, -0.15) is 0 Å². The van der Waals surface area contributed by atoms with Crippen LogP contribution in [0, 0.1) is 17.8 Å². The summed E-state index contributed by atoms with van der Waals surface area (Å²) in [6, 6.07) is 0. The molecule has 1 amide bonds. The molecule has 3 heteroatoms. The quantitative estimate of drug-likeness (QED) is 0.573. The lowest BCUT2D eigenvalue weighted by Gasteiger charge is -2.24. The zero-order chi connectivity index (χ0) is 12.5. The topological polar surface area (TPSA) is 29.1 Å². The highest BCUT2D eigenvalue weighted by Crippen LogP contribution is 2.48. The Kier molecular flexibility index (Phi) is 3.76. The molecule has 0 unspecified atom stereocenters. The molecule has 2 rings (SSSR count). The number of hydrogen-bond acceptors (Lipinski definition) is 1. The molecule has 2 aliphatic rings. The molecule has 1 N–H and O–H groups in total. The summed E-state index contributed by atoms with van der Waals surface area (Å²) in [6.45, 7) is 1.97. The van der Waals surface area contributed by atoms with E-state index in [9.17, 15) is 4.79 Å². The van der Waals surface area contributed by atoms with Crippen molar-refractivity contribution in [3.63, 3.8) is 0 Å². The second-order valence-corrected chi connectivity index (χ2v) is 6.94. The molecule has 0 aliphatic heterocycles. The van der Waals surface area contributed by atoms with E-state index < -0.39 is 0 Å². The number of carbonyl (C=O) groups is 1. The lowest BCUT2D eigenvalue weighted by atomic mass is 9.88. The van der Waals surface area contributed by atoms with E-state index in [2.05, 4.69) is 26.5 Å². The summed E-state index contributed by atoms with van der Waals surface area (Å²) >= 11 is 0. The van der Waals surface area contributed by atoms with E-state index in [0.29, 0.717) is 17.7 Å². The Bertz CT molecular complexity index is 282. The highest BCUT2D eigenvalue weighted by molar-refractivity contribution is 5.79. The Labute approximate surface area is 105 Å². The van der Waals surface area contributed by atoms with Gasteiger partial charge in [0.25, 0.3) is 0 Å². The first-order chi connectivity index (χ1) is 7.96. The summed E-state index contributed by atoms with van der Waals surface area (Å²) in [5.74, 6) is 2.25.